The Morgan fingerprint density at radius 2 is 2.41 bits per heavy atom. The van der Waals surface area contributed by atoms with Crippen molar-refractivity contribution >= 4 is 17.2 Å². The van der Waals surface area contributed by atoms with Gasteiger partial charge in [-0.1, -0.05) is 0 Å². The molecule has 0 aliphatic heterocycles. The Balaban J connectivity index is 1.82. The van der Waals surface area contributed by atoms with E-state index in [-0.39, 0.29) is 12.5 Å². The van der Waals surface area contributed by atoms with Gasteiger partial charge in [0.25, 0.3) is 0 Å². The lowest BCUT2D eigenvalue weighted by Crippen LogP contribution is -2.39. The summed E-state index contributed by atoms with van der Waals surface area (Å²) in [6.45, 7) is 1.62. The largest absolute Gasteiger partial charge is 0.395 e. The second-order valence-corrected chi connectivity index (χ2v) is 5.12. The van der Waals surface area contributed by atoms with E-state index >= 15 is 0 Å². The van der Waals surface area contributed by atoms with E-state index in [2.05, 4.69) is 27.0 Å². The number of carbonyl (C=O) groups is 1. The Labute approximate surface area is 105 Å². The molecule has 0 atom stereocenters. The lowest BCUT2D eigenvalue weighted by molar-refractivity contribution is -0.122. The highest BCUT2D eigenvalue weighted by Crippen LogP contribution is 2.28. The Hall–Kier alpha value is -0.910. The highest BCUT2D eigenvalue weighted by Gasteiger charge is 2.30. The molecule has 0 spiro atoms. The fourth-order valence-electron chi connectivity index (χ4n) is 1.81. The summed E-state index contributed by atoms with van der Waals surface area (Å²) in [5, 5.41) is 15.5. The van der Waals surface area contributed by atoms with Crippen molar-refractivity contribution in [1.29, 1.82) is 0 Å². The molecule has 5 heteroatoms. The van der Waals surface area contributed by atoms with Gasteiger partial charge in [-0.15, -0.1) is 0 Å². The van der Waals surface area contributed by atoms with Crippen molar-refractivity contribution in [1.82, 2.24) is 10.2 Å². The van der Waals surface area contributed by atoms with E-state index in [0.29, 0.717) is 19.1 Å². The zero-order chi connectivity index (χ0) is 12.1. The summed E-state index contributed by atoms with van der Waals surface area (Å²) >= 11 is 1.69. The van der Waals surface area contributed by atoms with Crippen molar-refractivity contribution in [2.75, 3.05) is 19.7 Å². The molecule has 17 heavy (non-hydrogen) atoms. The van der Waals surface area contributed by atoms with Crippen molar-refractivity contribution in [2.45, 2.75) is 25.4 Å². The minimum atomic E-state index is -0.000298. The average Bonchev–Trinajstić information content (AvgIpc) is 3.05. The molecule has 4 nitrogen and oxygen atoms in total. The quantitative estimate of drug-likeness (QED) is 0.757. The molecular weight excluding hydrogens is 236 g/mol. The number of nitrogens with zero attached hydrogens (tertiary/aromatic N) is 1. The third-order valence-corrected chi connectivity index (χ3v) is 3.54. The standard InChI is InChI=1S/C12H18N2O2S/c15-5-4-13-12(16)8-14(11-1-2-11)7-10-3-6-17-9-10/h3,6,9,11,15H,1-2,4-5,7-8H2,(H,13,16). The first-order valence-corrected chi connectivity index (χ1v) is 6.86. The van der Waals surface area contributed by atoms with Gasteiger partial charge >= 0.3 is 0 Å². The second-order valence-electron chi connectivity index (χ2n) is 4.34. The van der Waals surface area contributed by atoms with Crippen molar-refractivity contribution < 1.29 is 9.90 Å². The van der Waals surface area contributed by atoms with E-state index in [1.165, 1.54) is 18.4 Å². The molecule has 1 fully saturated rings. The molecule has 1 aromatic heterocycles. The van der Waals surface area contributed by atoms with Crippen LogP contribution < -0.4 is 5.32 Å². The lowest BCUT2D eigenvalue weighted by atomic mass is 10.3. The molecular formula is C12H18N2O2S. The molecule has 0 unspecified atom stereocenters. The second kappa shape index (κ2) is 6.14. The van der Waals surface area contributed by atoms with Gasteiger partial charge in [-0.05, 0) is 35.2 Å². The summed E-state index contributed by atoms with van der Waals surface area (Å²) in [5.41, 5.74) is 1.27. The monoisotopic (exact) mass is 254 g/mol. The Morgan fingerprint density at radius 1 is 1.59 bits per heavy atom. The lowest BCUT2D eigenvalue weighted by Gasteiger charge is -2.20. The zero-order valence-corrected chi connectivity index (χ0v) is 10.6. The molecule has 1 heterocycles. The van der Waals surface area contributed by atoms with E-state index in [0.717, 1.165) is 6.54 Å². The van der Waals surface area contributed by atoms with Crippen molar-refractivity contribution in [3.63, 3.8) is 0 Å². The van der Waals surface area contributed by atoms with Crippen molar-refractivity contribution in [3.05, 3.63) is 22.4 Å². The van der Waals surface area contributed by atoms with E-state index in [1.807, 2.05) is 0 Å². The van der Waals surface area contributed by atoms with E-state index in [4.69, 9.17) is 5.11 Å². The number of aliphatic hydroxyl groups is 1. The number of thiophene rings is 1. The molecule has 1 aliphatic rings. The van der Waals surface area contributed by atoms with Crippen LogP contribution in [0.1, 0.15) is 18.4 Å². The van der Waals surface area contributed by atoms with Crippen molar-refractivity contribution in [2.24, 2.45) is 0 Å². The van der Waals surface area contributed by atoms with Gasteiger partial charge < -0.3 is 10.4 Å². The smallest absolute Gasteiger partial charge is 0.234 e. The maximum Gasteiger partial charge on any atom is 0.234 e. The van der Waals surface area contributed by atoms with Crippen LogP contribution in [0.4, 0.5) is 0 Å². The molecule has 2 N–H and O–H groups in total. The van der Waals surface area contributed by atoms with E-state index in [9.17, 15) is 4.79 Å². The summed E-state index contributed by atoms with van der Waals surface area (Å²) < 4.78 is 0. The number of hydrogen-bond donors (Lipinski definition) is 2. The topological polar surface area (TPSA) is 52.6 Å². The molecule has 1 amide bonds. The number of amides is 1. The zero-order valence-electron chi connectivity index (χ0n) is 9.76. The number of nitrogens with one attached hydrogen (secondary N) is 1. The summed E-state index contributed by atoms with van der Waals surface area (Å²) in [6.07, 6.45) is 2.38. The third-order valence-electron chi connectivity index (χ3n) is 2.81. The minimum absolute atomic E-state index is 0.000298. The predicted octanol–water partition coefficient (Wildman–Crippen LogP) is 0.821. The van der Waals surface area contributed by atoms with Gasteiger partial charge in [0.05, 0.1) is 13.2 Å². The van der Waals surface area contributed by atoms with Crippen LogP contribution >= 0.6 is 11.3 Å². The number of aliphatic hydroxyl groups excluding tert-OH is 1. The van der Waals surface area contributed by atoms with Gasteiger partial charge in [0.1, 0.15) is 0 Å². The predicted molar refractivity (Wildman–Crippen MR) is 67.8 cm³/mol. The highest BCUT2D eigenvalue weighted by atomic mass is 32.1. The molecule has 94 valence electrons. The third kappa shape index (κ3) is 4.11. The highest BCUT2D eigenvalue weighted by molar-refractivity contribution is 7.07. The van der Waals surface area contributed by atoms with E-state index < -0.39 is 0 Å². The van der Waals surface area contributed by atoms with Gasteiger partial charge in [-0.25, -0.2) is 0 Å². The summed E-state index contributed by atoms with van der Waals surface area (Å²) in [4.78, 5) is 13.8. The van der Waals surface area contributed by atoms with Gasteiger partial charge in [0.15, 0.2) is 0 Å². The van der Waals surface area contributed by atoms with Gasteiger partial charge in [-0.3, -0.25) is 9.69 Å². The molecule has 0 saturated heterocycles. The Kier molecular flexibility index (Phi) is 4.53. The van der Waals surface area contributed by atoms with Crippen LogP contribution in [0.3, 0.4) is 0 Å². The van der Waals surface area contributed by atoms with Crippen LogP contribution in [0.25, 0.3) is 0 Å². The first-order chi connectivity index (χ1) is 8.29. The summed E-state index contributed by atoms with van der Waals surface area (Å²) in [7, 11) is 0. The first-order valence-electron chi connectivity index (χ1n) is 5.92. The molecule has 1 aliphatic carbocycles. The van der Waals surface area contributed by atoms with Crippen LogP contribution in [-0.4, -0.2) is 41.7 Å². The fraction of sp³-hybridized carbons (Fsp3) is 0.583. The number of rotatable bonds is 7. The van der Waals surface area contributed by atoms with Gasteiger partial charge in [-0.2, -0.15) is 11.3 Å². The van der Waals surface area contributed by atoms with Crippen LogP contribution in [0.15, 0.2) is 16.8 Å². The van der Waals surface area contributed by atoms with Crippen LogP contribution in [0, 0.1) is 0 Å². The molecule has 2 rings (SSSR count). The Bertz CT molecular complexity index is 349. The maximum atomic E-state index is 11.6. The Morgan fingerprint density at radius 3 is 3.00 bits per heavy atom. The van der Waals surface area contributed by atoms with Crippen LogP contribution in [-0.2, 0) is 11.3 Å². The number of hydrogen-bond acceptors (Lipinski definition) is 4. The summed E-state index contributed by atoms with van der Waals surface area (Å²) in [5.74, 6) is 0.00109. The SMILES string of the molecule is O=C(CN(Cc1ccsc1)C1CC1)NCCO. The number of carbonyl (C=O) groups excluding carboxylic acids is 1. The van der Waals surface area contributed by atoms with Crippen LogP contribution in [0.5, 0.6) is 0 Å². The molecule has 1 saturated carbocycles. The van der Waals surface area contributed by atoms with Crippen molar-refractivity contribution in [3.8, 4) is 0 Å². The average molecular weight is 254 g/mol. The first kappa shape index (κ1) is 12.5. The minimum Gasteiger partial charge on any atom is -0.395 e. The normalized spacial score (nSPS) is 15.2. The van der Waals surface area contributed by atoms with Gasteiger partial charge in [0.2, 0.25) is 5.91 Å². The molecule has 0 bridgehead atoms. The maximum absolute atomic E-state index is 11.6. The molecule has 0 radical (unpaired) electrons. The van der Waals surface area contributed by atoms with Gasteiger partial charge in [0, 0.05) is 19.1 Å². The molecule has 0 aromatic carbocycles. The fourth-order valence-corrected chi connectivity index (χ4v) is 2.47. The summed E-state index contributed by atoms with van der Waals surface area (Å²) in [6, 6.07) is 2.67. The van der Waals surface area contributed by atoms with Crippen LogP contribution in [0.2, 0.25) is 0 Å². The molecule has 1 aromatic rings. The van der Waals surface area contributed by atoms with E-state index in [1.54, 1.807) is 11.3 Å².